The van der Waals surface area contributed by atoms with Gasteiger partial charge in [-0.1, -0.05) is 24.8 Å². The van der Waals surface area contributed by atoms with Crippen LogP contribution in [-0.4, -0.2) is 23.6 Å². The number of carbonyl (C=O) groups excluding carboxylic acids is 2. The van der Waals surface area contributed by atoms with Gasteiger partial charge in [-0.3, -0.25) is 9.59 Å². The number of rotatable bonds is 4. The molecule has 0 saturated carbocycles. The molecule has 1 aliphatic heterocycles. The number of aliphatic imine (C=N–C) groups is 1. The predicted octanol–water partition coefficient (Wildman–Crippen LogP) is 2.36. The first-order valence-electron chi connectivity index (χ1n) is 6.22. The van der Waals surface area contributed by atoms with Crippen LogP contribution in [0.25, 0.3) is 6.08 Å². The Balaban J connectivity index is 2.05. The number of benzene rings is 1. The number of hydrogen-bond acceptors (Lipinski definition) is 4. The molecule has 2 rings (SSSR count). The molecule has 6 heteroatoms. The van der Waals surface area contributed by atoms with Crippen molar-refractivity contribution in [3.63, 3.8) is 0 Å². The lowest BCUT2D eigenvalue weighted by Crippen LogP contribution is -2.23. The summed E-state index contributed by atoms with van der Waals surface area (Å²) < 4.78 is 5.38. The number of hydrogen-bond donors (Lipinski definition) is 1. The minimum Gasteiger partial charge on any atom is -0.490 e. The van der Waals surface area contributed by atoms with Crippen LogP contribution in [0.15, 0.2) is 46.8 Å². The molecule has 1 aromatic carbocycles. The van der Waals surface area contributed by atoms with Crippen LogP contribution in [0.3, 0.4) is 0 Å². The molecule has 108 valence electrons. The molecule has 1 aliphatic rings. The van der Waals surface area contributed by atoms with Gasteiger partial charge < -0.3 is 10.1 Å². The molecule has 5 nitrogen and oxygen atoms in total. The highest BCUT2D eigenvalue weighted by Gasteiger charge is 2.22. The van der Waals surface area contributed by atoms with Gasteiger partial charge in [-0.2, -0.15) is 4.99 Å². The number of nitrogens with one attached hydrogen (secondary N) is 1. The molecule has 0 saturated heterocycles. The van der Waals surface area contributed by atoms with E-state index in [4.69, 9.17) is 4.74 Å². The number of thioether (sulfide) groups is 1. The van der Waals surface area contributed by atoms with Gasteiger partial charge in [-0.05, 0) is 35.5 Å². The SMILES string of the molecule is C=CCOc1ccc(/C=C2\SC(NC(C)=O)=NC2=O)cc1. The number of amides is 2. The highest BCUT2D eigenvalue weighted by Crippen LogP contribution is 2.27. The maximum absolute atomic E-state index is 11.7. The predicted molar refractivity (Wildman–Crippen MR) is 84.0 cm³/mol. The Hall–Kier alpha value is -2.34. The summed E-state index contributed by atoms with van der Waals surface area (Å²) >= 11 is 1.15. The Bertz CT molecular complexity index is 633. The van der Waals surface area contributed by atoms with E-state index in [0.29, 0.717) is 16.7 Å². The van der Waals surface area contributed by atoms with Crippen LogP contribution in [0.2, 0.25) is 0 Å². The highest BCUT2D eigenvalue weighted by molar-refractivity contribution is 8.18. The lowest BCUT2D eigenvalue weighted by atomic mass is 10.2. The summed E-state index contributed by atoms with van der Waals surface area (Å²) in [5.74, 6) is 0.132. The van der Waals surface area contributed by atoms with E-state index in [2.05, 4.69) is 16.9 Å². The second-order valence-electron chi connectivity index (χ2n) is 4.18. The molecule has 0 aliphatic carbocycles. The second kappa shape index (κ2) is 6.90. The molecule has 0 unspecified atom stereocenters. The summed E-state index contributed by atoms with van der Waals surface area (Å²) in [6, 6.07) is 7.32. The van der Waals surface area contributed by atoms with E-state index < -0.39 is 0 Å². The molecule has 0 aromatic heterocycles. The van der Waals surface area contributed by atoms with Crippen LogP contribution < -0.4 is 10.1 Å². The number of nitrogens with zero attached hydrogens (tertiary/aromatic N) is 1. The van der Waals surface area contributed by atoms with Gasteiger partial charge in [0.1, 0.15) is 12.4 Å². The summed E-state index contributed by atoms with van der Waals surface area (Å²) in [5, 5.41) is 2.81. The van der Waals surface area contributed by atoms with E-state index in [9.17, 15) is 9.59 Å². The molecule has 0 fully saturated rings. The zero-order valence-corrected chi connectivity index (χ0v) is 12.3. The number of amidine groups is 1. The second-order valence-corrected chi connectivity index (χ2v) is 5.21. The van der Waals surface area contributed by atoms with Gasteiger partial charge in [0.2, 0.25) is 5.91 Å². The summed E-state index contributed by atoms with van der Waals surface area (Å²) in [4.78, 5) is 26.9. The third-order valence-corrected chi connectivity index (χ3v) is 3.35. The maximum Gasteiger partial charge on any atom is 0.286 e. The number of carbonyl (C=O) groups is 2. The summed E-state index contributed by atoms with van der Waals surface area (Å²) in [6.45, 7) is 5.40. The topological polar surface area (TPSA) is 67.8 Å². The Morgan fingerprint density at radius 1 is 1.43 bits per heavy atom. The van der Waals surface area contributed by atoms with Crippen molar-refractivity contribution in [2.45, 2.75) is 6.92 Å². The van der Waals surface area contributed by atoms with Gasteiger partial charge in [0.25, 0.3) is 5.91 Å². The minimum absolute atomic E-state index is 0.251. The van der Waals surface area contributed by atoms with Crippen molar-refractivity contribution in [2.75, 3.05) is 6.61 Å². The molecule has 1 aromatic rings. The molecule has 1 N–H and O–H groups in total. The first-order chi connectivity index (χ1) is 10.1. The van der Waals surface area contributed by atoms with Crippen molar-refractivity contribution < 1.29 is 14.3 Å². The van der Waals surface area contributed by atoms with Crippen LogP contribution >= 0.6 is 11.8 Å². The van der Waals surface area contributed by atoms with E-state index in [1.54, 1.807) is 12.2 Å². The van der Waals surface area contributed by atoms with Crippen molar-refractivity contribution in [1.29, 1.82) is 0 Å². The molecule has 1 heterocycles. The summed E-state index contributed by atoms with van der Waals surface area (Å²) in [5.41, 5.74) is 0.857. The van der Waals surface area contributed by atoms with Gasteiger partial charge in [0.15, 0.2) is 5.17 Å². The van der Waals surface area contributed by atoms with Crippen molar-refractivity contribution in [3.05, 3.63) is 47.4 Å². The molecule has 21 heavy (non-hydrogen) atoms. The van der Waals surface area contributed by atoms with Crippen LogP contribution in [0, 0.1) is 0 Å². The zero-order valence-electron chi connectivity index (χ0n) is 11.5. The molecular weight excluding hydrogens is 288 g/mol. The Morgan fingerprint density at radius 3 is 2.76 bits per heavy atom. The largest absolute Gasteiger partial charge is 0.490 e. The Morgan fingerprint density at radius 2 is 2.14 bits per heavy atom. The van der Waals surface area contributed by atoms with Crippen LogP contribution in [0.1, 0.15) is 12.5 Å². The van der Waals surface area contributed by atoms with E-state index in [1.165, 1.54) is 6.92 Å². The molecule has 0 spiro atoms. The average Bonchev–Trinajstić information content (AvgIpc) is 2.77. The number of ether oxygens (including phenoxy) is 1. The molecule has 0 atom stereocenters. The smallest absolute Gasteiger partial charge is 0.286 e. The summed E-state index contributed by atoms with van der Waals surface area (Å²) in [6.07, 6.45) is 3.40. The van der Waals surface area contributed by atoms with Gasteiger partial charge in [-0.15, -0.1) is 0 Å². The average molecular weight is 302 g/mol. The normalized spacial score (nSPS) is 15.8. The van der Waals surface area contributed by atoms with Crippen LogP contribution in [0.4, 0.5) is 0 Å². The first-order valence-corrected chi connectivity index (χ1v) is 7.04. The lowest BCUT2D eigenvalue weighted by molar-refractivity contribution is -0.117. The minimum atomic E-state index is -0.351. The monoisotopic (exact) mass is 302 g/mol. The van der Waals surface area contributed by atoms with Gasteiger partial charge in [0, 0.05) is 6.92 Å². The van der Waals surface area contributed by atoms with Crippen LogP contribution in [0.5, 0.6) is 5.75 Å². The standard InChI is InChI=1S/C15H14N2O3S/c1-3-8-20-12-6-4-11(5-7-12)9-13-14(19)17-15(21-13)16-10(2)18/h3-7,9H,1,8H2,2H3,(H,16,17,18,19)/b13-9-. The summed E-state index contributed by atoms with van der Waals surface area (Å²) in [7, 11) is 0. The third-order valence-electron chi connectivity index (χ3n) is 2.45. The van der Waals surface area contributed by atoms with E-state index in [1.807, 2.05) is 24.3 Å². The molecule has 2 amide bonds. The Labute approximate surface area is 126 Å². The van der Waals surface area contributed by atoms with Crippen molar-refractivity contribution in [2.24, 2.45) is 4.99 Å². The lowest BCUT2D eigenvalue weighted by Gasteiger charge is -2.03. The Kier molecular flexibility index (Phi) is 4.94. The van der Waals surface area contributed by atoms with Crippen molar-refractivity contribution in [1.82, 2.24) is 5.32 Å². The fourth-order valence-corrected chi connectivity index (χ4v) is 2.44. The fourth-order valence-electron chi connectivity index (χ4n) is 1.58. The molecular formula is C15H14N2O3S. The van der Waals surface area contributed by atoms with Crippen molar-refractivity contribution in [3.8, 4) is 5.75 Å². The van der Waals surface area contributed by atoms with E-state index >= 15 is 0 Å². The van der Waals surface area contributed by atoms with Gasteiger partial charge in [0.05, 0.1) is 4.91 Å². The van der Waals surface area contributed by atoms with Crippen molar-refractivity contribution >= 4 is 34.8 Å². The van der Waals surface area contributed by atoms with Crippen LogP contribution in [-0.2, 0) is 9.59 Å². The zero-order chi connectivity index (χ0) is 15.2. The van der Waals surface area contributed by atoms with E-state index in [0.717, 1.165) is 23.1 Å². The first kappa shape index (κ1) is 15.1. The highest BCUT2D eigenvalue weighted by atomic mass is 32.2. The fraction of sp³-hybridized carbons (Fsp3) is 0.133. The maximum atomic E-state index is 11.7. The third kappa shape index (κ3) is 4.32. The van der Waals surface area contributed by atoms with E-state index in [-0.39, 0.29) is 11.8 Å². The quantitative estimate of drug-likeness (QED) is 0.685. The van der Waals surface area contributed by atoms with Gasteiger partial charge >= 0.3 is 0 Å². The molecule has 0 radical (unpaired) electrons. The van der Waals surface area contributed by atoms with Gasteiger partial charge in [-0.25, -0.2) is 0 Å². The molecule has 0 bridgehead atoms.